The summed E-state index contributed by atoms with van der Waals surface area (Å²) in [5.74, 6) is -0.214. The van der Waals surface area contributed by atoms with Crippen molar-refractivity contribution >= 4 is 5.69 Å². The van der Waals surface area contributed by atoms with Crippen LogP contribution in [-0.2, 0) is 6.42 Å². The second-order valence-electron chi connectivity index (χ2n) is 4.80. The molecule has 1 aliphatic carbocycles. The van der Waals surface area contributed by atoms with Crippen LogP contribution in [0.25, 0.3) is 0 Å². The Kier molecular flexibility index (Phi) is 4.72. The molecule has 0 saturated carbocycles. The van der Waals surface area contributed by atoms with Crippen molar-refractivity contribution in [2.75, 3.05) is 5.32 Å². The van der Waals surface area contributed by atoms with E-state index in [2.05, 4.69) is 12.2 Å². The first-order valence-electron chi connectivity index (χ1n) is 6.73. The van der Waals surface area contributed by atoms with Gasteiger partial charge >= 0.3 is 0 Å². The number of nitrogens with one attached hydrogen (secondary N) is 1. The number of alkyl halides is 1. The fraction of sp³-hybridized carbons (Fsp3) is 0.375. The molecule has 1 aliphatic rings. The van der Waals surface area contributed by atoms with E-state index >= 15 is 0 Å². The minimum absolute atomic E-state index is 0.0538. The highest BCUT2D eigenvalue weighted by Gasteiger charge is 2.10. The summed E-state index contributed by atoms with van der Waals surface area (Å²) in [6.07, 6.45) is 8.30. The Morgan fingerprint density at radius 3 is 2.89 bits per heavy atom. The lowest BCUT2D eigenvalue weighted by atomic mass is 10.1. The third kappa shape index (κ3) is 3.91. The highest BCUT2D eigenvalue weighted by Crippen LogP contribution is 2.21. The maximum atomic E-state index is 13.3. The zero-order chi connectivity index (χ0) is 13.7. The van der Waals surface area contributed by atoms with Crippen LogP contribution in [0.3, 0.4) is 0 Å². The van der Waals surface area contributed by atoms with E-state index < -0.39 is 6.17 Å². The van der Waals surface area contributed by atoms with Gasteiger partial charge in [-0.1, -0.05) is 31.6 Å². The molecule has 1 nitrogen and oxygen atoms in total. The van der Waals surface area contributed by atoms with Gasteiger partial charge in [-0.15, -0.1) is 0 Å². The third-order valence-corrected chi connectivity index (χ3v) is 3.16. The molecule has 1 aromatic rings. The highest BCUT2D eigenvalue weighted by atomic mass is 19.1. The summed E-state index contributed by atoms with van der Waals surface area (Å²) >= 11 is 0. The van der Waals surface area contributed by atoms with Crippen LogP contribution in [0.5, 0.6) is 0 Å². The van der Waals surface area contributed by atoms with Crippen molar-refractivity contribution in [1.29, 1.82) is 0 Å². The Hall–Kier alpha value is -1.64. The van der Waals surface area contributed by atoms with Crippen LogP contribution < -0.4 is 5.32 Å². The number of rotatable bonds is 4. The van der Waals surface area contributed by atoms with Gasteiger partial charge in [-0.25, -0.2) is 8.78 Å². The lowest BCUT2D eigenvalue weighted by molar-refractivity contribution is 0.469. The molecule has 1 aromatic carbocycles. The molecular formula is C16H19F2N. The summed E-state index contributed by atoms with van der Waals surface area (Å²) in [5, 5.41) is 3.35. The molecule has 0 aliphatic heterocycles. The van der Waals surface area contributed by atoms with E-state index in [9.17, 15) is 8.78 Å². The van der Waals surface area contributed by atoms with E-state index in [4.69, 9.17) is 0 Å². The predicted molar refractivity (Wildman–Crippen MR) is 75.6 cm³/mol. The van der Waals surface area contributed by atoms with Gasteiger partial charge in [-0.05, 0) is 42.7 Å². The van der Waals surface area contributed by atoms with Crippen molar-refractivity contribution in [2.24, 2.45) is 0 Å². The van der Waals surface area contributed by atoms with Crippen LogP contribution >= 0.6 is 0 Å². The quantitative estimate of drug-likeness (QED) is 0.793. The molecular weight excluding hydrogens is 244 g/mol. The summed E-state index contributed by atoms with van der Waals surface area (Å²) in [4.78, 5) is 0. The number of hydrogen-bond donors (Lipinski definition) is 1. The molecule has 0 saturated heterocycles. The zero-order valence-electron chi connectivity index (χ0n) is 11.1. The topological polar surface area (TPSA) is 12.0 Å². The number of aryl methyl sites for hydroxylation is 1. The van der Waals surface area contributed by atoms with Crippen LogP contribution in [0.2, 0.25) is 0 Å². The van der Waals surface area contributed by atoms with Crippen LogP contribution in [0, 0.1) is 5.82 Å². The standard InChI is InChI=1S/C16H19F2N/c1-2-4-12-11-14(18)8-10-16(12)19-15-6-3-5-13(17)7-9-15/h3,5,7-11,13,15,19H,2,4,6H2,1H3. The van der Waals surface area contributed by atoms with Gasteiger partial charge in [0.05, 0.1) is 0 Å². The van der Waals surface area contributed by atoms with Crippen molar-refractivity contribution in [2.45, 2.75) is 38.4 Å². The first-order chi connectivity index (χ1) is 9.19. The lowest BCUT2D eigenvalue weighted by Gasteiger charge is -2.17. The predicted octanol–water partition coefficient (Wildman–Crippen LogP) is 4.41. The molecule has 2 rings (SSSR count). The number of benzene rings is 1. The number of anilines is 1. The zero-order valence-corrected chi connectivity index (χ0v) is 11.1. The van der Waals surface area contributed by atoms with Gasteiger partial charge in [0.1, 0.15) is 12.0 Å². The van der Waals surface area contributed by atoms with E-state index in [0.717, 1.165) is 30.5 Å². The minimum atomic E-state index is -1.00. The van der Waals surface area contributed by atoms with Gasteiger partial charge in [0.2, 0.25) is 0 Å². The number of hydrogen-bond acceptors (Lipinski definition) is 1. The summed E-state index contributed by atoms with van der Waals surface area (Å²) in [6.45, 7) is 2.07. The van der Waals surface area contributed by atoms with Gasteiger partial charge in [0, 0.05) is 11.7 Å². The Labute approximate surface area is 113 Å². The van der Waals surface area contributed by atoms with Crippen molar-refractivity contribution in [3.05, 3.63) is 53.9 Å². The second kappa shape index (κ2) is 6.50. The Bertz CT molecular complexity index is 480. The van der Waals surface area contributed by atoms with Crippen LogP contribution in [0.4, 0.5) is 14.5 Å². The largest absolute Gasteiger partial charge is 0.378 e. The van der Waals surface area contributed by atoms with E-state index in [1.54, 1.807) is 24.3 Å². The van der Waals surface area contributed by atoms with Crippen LogP contribution in [0.1, 0.15) is 25.3 Å². The van der Waals surface area contributed by atoms with Crippen molar-refractivity contribution in [3.63, 3.8) is 0 Å². The van der Waals surface area contributed by atoms with Gasteiger partial charge in [0.25, 0.3) is 0 Å². The number of allylic oxidation sites excluding steroid dienone is 2. The molecule has 1 N–H and O–H groups in total. The maximum Gasteiger partial charge on any atom is 0.137 e. The molecule has 0 bridgehead atoms. The van der Waals surface area contributed by atoms with Crippen LogP contribution in [0.15, 0.2) is 42.5 Å². The average Bonchev–Trinajstić information content (AvgIpc) is 2.58. The van der Waals surface area contributed by atoms with Crippen molar-refractivity contribution in [1.82, 2.24) is 0 Å². The molecule has 0 spiro atoms. The molecule has 2 unspecified atom stereocenters. The lowest BCUT2D eigenvalue weighted by Crippen LogP contribution is -2.16. The van der Waals surface area contributed by atoms with Gasteiger partial charge in [-0.2, -0.15) is 0 Å². The third-order valence-electron chi connectivity index (χ3n) is 3.16. The number of halogens is 2. The maximum absolute atomic E-state index is 13.3. The molecule has 0 amide bonds. The Balaban J connectivity index is 2.14. The molecule has 0 aromatic heterocycles. The Morgan fingerprint density at radius 1 is 1.26 bits per heavy atom. The summed E-state index contributed by atoms with van der Waals surface area (Å²) < 4.78 is 26.4. The van der Waals surface area contributed by atoms with Gasteiger partial charge in [-0.3, -0.25) is 0 Å². The molecule has 0 heterocycles. The minimum Gasteiger partial charge on any atom is -0.378 e. The highest BCUT2D eigenvalue weighted by molar-refractivity contribution is 5.53. The van der Waals surface area contributed by atoms with Crippen molar-refractivity contribution < 1.29 is 8.78 Å². The van der Waals surface area contributed by atoms with Crippen molar-refractivity contribution in [3.8, 4) is 0 Å². The Morgan fingerprint density at radius 2 is 2.11 bits per heavy atom. The van der Waals surface area contributed by atoms with Gasteiger partial charge < -0.3 is 5.32 Å². The first kappa shape index (κ1) is 13.8. The second-order valence-corrected chi connectivity index (χ2v) is 4.80. The normalized spacial score (nSPS) is 22.3. The summed E-state index contributed by atoms with van der Waals surface area (Å²) in [6, 6.07) is 4.84. The van der Waals surface area contributed by atoms with E-state index in [1.165, 1.54) is 6.07 Å². The molecule has 0 radical (unpaired) electrons. The fourth-order valence-electron chi connectivity index (χ4n) is 2.22. The summed E-state index contributed by atoms with van der Waals surface area (Å²) in [5.41, 5.74) is 1.91. The SMILES string of the molecule is CCCc1cc(F)ccc1NC1C=CC(F)C=CC1. The van der Waals surface area contributed by atoms with E-state index in [-0.39, 0.29) is 11.9 Å². The van der Waals surface area contributed by atoms with Crippen LogP contribution in [-0.4, -0.2) is 12.2 Å². The molecule has 2 atom stereocenters. The van der Waals surface area contributed by atoms with E-state index in [0.29, 0.717) is 0 Å². The van der Waals surface area contributed by atoms with E-state index in [1.807, 2.05) is 12.2 Å². The molecule has 0 fully saturated rings. The first-order valence-corrected chi connectivity index (χ1v) is 6.73. The average molecular weight is 263 g/mol. The molecule has 3 heteroatoms. The molecule has 19 heavy (non-hydrogen) atoms. The fourth-order valence-corrected chi connectivity index (χ4v) is 2.22. The van der Waals surface area contributed by atoms with Gasteiger partial charge in [0.15, 0.2) is 0 Å². The smallest absolute Gasteiger partial charge is 0.137 e. The summed E-state index contributed by atoms with van der Waals surface area (Å²) in [7, 11) is 0. The molecule has 102 valence electrons. The monoisotopic (exact) mass is 263 g/mol.